The molecule has 2 fully saturated rings. The van der Waals surface area contributed by atoms with Crippen LogP contribution in [0.1, 0.15) is 59.7 Å². The molecule has 210 valence electrons. The maximum Gasteiger partial charge on any atom is 0.245 e. The Kier molecular flexibility index (Phi) is 6.47. The van der Waals surface area contributed by atoms with Gasteiger partial charge in [0.05, 0.1) is 5.52 Å². The number of ketones is 1. The van der Waals surface area contributed by atoms with Crippen LogP contribution in [-0.4, -0.2) is 54.3 Å². The van der Waals surface area contributed by atoms with Crippen molar-refractivity contribution < 1.29 is 14.4 Å². The molecule has 4 aromatic rings. The van der Waals surface area contributed by atoms with Crippen molar-refractivity contribution in [1.29, 1.82) is 0 Å². The standard InChI is InChI=1S/C32H34N6O3/c1-18-7-6-8-22(9-18)14-35-31(41)26-12-32(5)13-27(32)38(26)28(40)17-37-30-19(2)10-23(24-15-33-21(4)34-16-24)11-25(30)29(36-37)20(3)39/h6-11,15-16,26-27H,12-14,17H2,1-5H3,(H,35,41)/t26-,27?,32-/m0/s1. The molecule has 1 saturated heterocycles. The van der Waals surface area contributed by atoms with Gasteiger partial charge in [0, 0.05) is 42.9 Å². The van der Waals surface area contributed by atoms with E-state index in [4.69, 9.17) is 0 Å². The van der Waals surface area contributed by atoms with Gasteiger partial charge in [0.15, 0.2) is 5.78 Å². The molecule has 41 heavy (non-hydrogen) atoms. The number of carbonyl (C=O) groups excluding carboxylic acids is 3. The van der Waals surface area contributed by atoms with E-state index in [2.05, 4.69) is 27.3 Å². The Morgan fingerprint density at radius 1 is 1.02 bits per heavy atom. The minimum absolute atomic E-state index is 0.0352. The van der Waals surface area contributed by atoms with E-state index in [-0.39, 0.29) is 35.6 Å². The number of Topliss-reactive ketones (excluding diaryl/α,β-unsaturated/α-hetero) is 1. The average molecular weight is 551 g/mol. The summed E-state index contributed by atoms with van der Waals surface area (Å²) in [6.45, 7) is 9.79. The molecule has 2 aliphatic rings. The molecule has 2 aromatic carbocycles. The Bertz CT molecular complexity index is 1710. The molecule has 1 unspecified atom stereocenters. The Labute approximate surface area is 239 Å². The van der Waals surface area contributed by atoms with Crippen LogP contribution in [0.5, 0.6) is 0 Å². The number of nitrogens with one attached hydrogen (secondary N) is 1. The molecule has 0 spiro atoms. The molecule has 3 atom stereocenters. The number of piperidine rings is 1. The molecule has 1 saturated carbocycles. The minimum Gasteiger partial charge on any atom is -0.350 e. The summed E-state index contributed by atoms with van der Waals surface area (Å²) in [5, 5.41) is 8.34. The molecular formula is C32H34N6O3. The second-order valence-electron chi connectivity index (χ2n) is 11.9. The van der Waals surface area contributed by atoms with Gasteiger partial charge in [-0.2, -0.15) is 5.10 Å². The van der Waals surface area contributed by atoms with Crippen molar-refractivity contribution in [3.05, 3.63) is 77.0 Å². The Balaban J connectivity index is 1.28. The van der Waals surface area contributed by atoms with Crippen LogP contribution in [0.15, 0.2) is 48.8 Å². The number of carbonyl (C=O) groups is 3. The number of rotatable bonds is 7. The first kappa shape index (κ1) is 26.8. The summed E-state index contributed by atoms with van der Waals surface area (Å²) in [6, 6.07) is 11.4. The van der Waals surface area contributed by atoms with Crippen LogP contribution in [0.3, 0.4) is 0 Å². The van der Waals surface area contributed by atoms with E-state index in [0.717, 1.165) is 39.8 Å². The van der Waals surface area contributed by atoms with Crippen molar-refractivity contribution in [3.8, 4) is 11.1 Å². The normalized spacial score (nSPS) is 21.1. The van der Waals surface area contributed by atoms with Gasteiger partial charge in [0.1, 0.15) is 24.1 Å². The lowest BCUT2D eigenvalue weighted by Crippen LogP contribution is -2.48. The molecule has 1 N–H and O–H groups in total. The van der Waals surface area contributed by atoms with Gasteiger partial charge in [-0.05, 0) is 67.9 Å². The van der Waals surface area contributed by atoms with Crippen LogP contribution in [0.25, 0.3) is 22.0 Å². The third kappa shape index (κ3) is 4.90. The number of likely N-dealkylation sites (tertiary alicyclic amines) is 1. The number of aromatic nitrogens is 4. The maximum absolute atomic E-state index is 13.9. The molecule has 2 aromatic heterocycles. The summed E-state index contributed by atoms with van der Waals surface area (Å²) in [5.41, 5.74) is 5.76. The van der Waals surface area contributed by atoms with Gasteiger partial charge in [-0.1, -0.05) is 36.8 Å². The summed E-state index contributed by atoms with van der Waals surface area (Å²) in [7, 11) is 0. The topological polar surface area (TPSA) is 110 Å². The Morgan fingerprint density at radius 2 is 1.78 bits per heavy atom. The summed E-state index contributed by atoms with van der Waals surface area (Å²) < 4.78 is 1.62. The number of fused-ring (bicyclic) bond motifs is 2. The van der Waals surface area contributed by atoms with E-state index in [0.29, 0.717) is 29.9 Å². The van der Waals surface area contributed by atoms with E-state index >= 15 is 0 Å². The van der Waals surface area contributed by atoms with Crippen molar-refractivity contribution in [2.24, 2.45) is 5.41 Å². The molecule has 0 bridgehead atoms. The van der Waals surface area contributed by atoms with Gasteiger partial charge in [-0.15, -0.1) is 0 Å². The molecule has 3 heterocycles. The first-order valence-electron chi connectivity index (χ1n) is 14.0. The third-order valence-electron chi connectivity index (χ3n) is 8.54. The van der Waals surface area contributed by atoms with E-state index in [9.17, 15) is 14.4 Å². The van der Waals surface area contributed by atoms with E-state index < -0.39 is 6.04 Å². The number of benzene rings is 2. The van der Waals surface area contributed by atoms with Crippen LogP contribution < -0.4 is 5.32 Å². The predicted octanol–water partition coefficient (Wildman–Crippen LogP) is 4.32. The fourth-order valence-corrected chi connectivity index (χ4v) is 6.31. The lowest BCUT2D eigenvalue weighted by atomic mass is 10.0. The van der Waals surface area contributed by atoms with Crippen LogP contribution in [0, 0.1) is 26.2 Å². The van der Waals surface area contributed by atoms with Gasteiger partial charge in [0.25, 0.3) is 0 Å². The first-order chi connectivity index (χ1) is 19.5. The van der Waals surface area contributed by atoms with Gasteiger partial charge >= 0.3 is 0 Å². The second-order valence-corrected chi connectivity index (χ2v) is 11.9. The number of hydrogen-bond donors (Lipinski definition) is 1. The third-order valence-corrected chi connectivity index (χ3v) is 8.54. The summed E-state index contributed by atoms with van der Waals surface area (Å²) >= 11 is 0. The molecular weight excluding hydrogens is 516 g/mol. The van der Waals surface area contributed by atoms with Crippen LogP contribution in [0.2, 0.25) is 0 Å². The zero-order valence-corrected chi connectivity index (χ0v) is 24.1. The largest absolute Gasteiger partial charge is 0.350 e. The van der Waals surface area contributed by atoms with Crippen molar-refractivity contribution in [3.63, 3.8) is 0 Å². The zero-order chi connectivity index (χ0) is 29.1. The molecule has 9 heteroatoms. The first-order valence-corrected chi connectivity index (χ1v) is 14.0. The van der Waals surface area contributed by atoms with Crippen molar-refractivity contribution in [2.75, 3.05) is 0 Å². The molecule has 2 amide bonds. The highest BCUT2D eigenvalue weighted by Crippen LogP contribution is 2.59. The van der Waals surface area contributed by atoms with Gasteiger partial charge in [-0.3, -0.25) is 19.1 Å². The number of nitrogens with zero attached hydrogens (tertiary/aromatic N) is 5. The van der Waals surface area contributed by atoms with E-state index in [1.54, 1.807) is 22.0 Å². The molecule has 0 radical (unpaired) electrons. The van der Waals surface area contributed by atoms with Gasteiger partial charge in [-0.25, -0.2) is 9.97 Å². The summed E-state index contributed by atoms with van der Waals surface area (Å²) in [6.07, 6.45) is 5.05. The Hall–Kier alpha value is -4.40. The smallest absolute Gasteiger partial charge is 0.245 e. The molecule has 6 rings (SSSR count). The average Bonchev–Trinajstić information content (AvgIpc) is 3.28. The van der Waals surface area contributed by atoms with E-state index in [1.165, 1.54) is 6.92 Å². The molecule has 9 nitrogen and oxygen atoms in total. The number of hydrogen-bond acceptors (Lipinski definition) is 6. The van der Waals surface area contributed by atoms with Crippen LogP contribution in [0.4, 0.5) is 0 Å². The Morgan fingerprint density at radius 3 is 2.49 bits per heavy atom. The molecule has 1 aliphatic carbocycles. The fraction of sp³-hybridized carbons (Fsp3) is 0.375. The van der Waals surface area contributed by atoms with Crippen molar-refractivity contribution in [1.82, 2.24) is 30.0 Å². The maximum atomic E-state index is 13.9. The fourth-order valence-electron chi connectivity index (χ4n) is 6.31. The predicted molar refractivity (Wildman–Crippen MR) is 155 cm³/mol. The SMILES string of the molecule is CC(=O)c1nn(CC(=O)N2C3C[C@]3(C)C[C@H]2C(=O)NCc2cccc(C)c2)c2c(C)cc(-c3cnc(C)nc3)cc12. The quantitative estimate of drug-likeness (QED) is 0.343. The number of aryl methyl sites for hydroxylation is 3. The van der Waals surface area contributed by atoms with Crippen molar-refractivity contribution in [2.45, 2.75) is 72.6 Å². The monoisotopic (exact) mass is 550 g/mol. The highest BCUT2D eigenvalue weighted by molar-refractivity contribution is 6.07. The highest BCUT2D eigenvalue weighted by Gasteiger charge is 2.64. The number of amides is 2. The second kappa shape index (κ2) is 9.90. The molecule has 1 aliphatic heterocycles. The summed E-state index contributed by atoms with van der Waals surface area (Å²) in [5.74, 6) is 0.200. The lowest BCUT2D eigenvalue weighted by molar-refractivity contribution is -0.140. The van der Waals surface area contributed by atoms with E-state index in [1.807, 2.05) is 57.2 Å². The minimum atomic E-state index is -0.528. The summed E-state index contributed by atoms with van der Waals surface area (Å²) in [4.78, 5) is 50.2. The lowest BCUT2D eigenvalue weighted by Gasteiger charge is -2.27. The highest BCUT2D eigenvalue weighted by atomic mass is 16.2. The van der Waals surface area contributed by atoms with Gasteiger partial charge < -0.3 is 10.2 Å². The van der Waals surface area contributed by atoms with Gasteiger partial charge in [0.2, 0.25) is 11.8 Å². The zero-order valence-electron chi connectivity index (χ0n) is 24.1. The van der Waals surface area contributed by atoms with Crippen molar-refractivity contribution >= 4 is 28.5 Å². The van der Waals surface area contributed by atoms with Crippen LogP contribution >= 0.6 is 0 Å². The van der Waals surface area contributed by atoms with Crippen LogP contribution in [-0.2, 0) is 22.7 Å².